The number of hydrogen-bond acceptors (Lipinski definition) is 6. The van der Waals surface area contributed by atoms with Gasteiger partial charge in [0.15, 0.2) is 10.8 Å². The monoisotopic (exact) mass is 340 g/mol. The highest BCUT2D eigenvalue weighted by atomic mass is 32.1. The zero-order chi connectivity index (χ0) is 16.7. The van der Waals surface area contributed by atoms with Crippen LogP contribution < -0.4 is 4.74 Å². The van der Waals surface area contributed by atoms with Crippen molar-refractivity contribution in [3.05, 3.63) is 36.0 Å². The lowest BCUT2D eigenvalue weighted by Gasteiger charge is -2.04. The van der Waals surface area contributed by atoms with Crippen LogP contribution in [-0.2, 0) is 0 Å². The average Bonchev–Trinajstić information content (AvgIpc) is 3.29. The second kappa shape index (κ2) is 5.72. The topological polar surface area (TPSA) is 81.0 Å². The number of ether oxygens (including phenoxy) is 1. The summed E-state index contributed by atoms with van der Waals surface area (Å²) in [7, 11) is 1.64. The molecule has 4 aromatic rings. The Kier molecular flexibility index (Phi) is 3.53. The minimum Gasteiger partial charge on any atom is -0.496 e. The van der Waals surface area contributed by atoms with Gasteiger partial charge in [0.2, 0.25) is 4.96 Å². The molecule has 0 radical (unpaired) electrons. The van der Waals surface area contributed by atoms with Crippen molar-refractivity contribution in [1.29, 1.82) is 0 Å². The molecule has 0 saturated carbocycles. The molecule has 0 aliphatic rings. The van der Waals surface area contributed by atoms with E-state index in [2.05, 4.69) is 39.3 Å². The second-order valence-electron chi connectivity index (χ2n) is 5.69. The molecule has 0 bridgehead atoms. The van der Waals surface area contributed by atoms with Crippen LogP contribution in [0, 0.1) is 0 Å². The molecule has 3 aromatic heterocycles. The second-order valence-corrected chi connectivity index (χ2v) is 6.64. The number of H-pyrrole nitrogens is 1. The summed E-state index contributed by atoms with van der Waals surface area (Å²) in [6.45, 7) is 4.24. The van der Waals surface area contributed by atoms with Crippen LogP contribution in [0.5, 0.6) is 5.75 Å². The van der Waals surface area contributed by atoms with Crippen LogP contribution in [0.4, 0.5) is 0 Å². The third-order valence-electron chi connectivity index (χ3n) is 3.78. The van der Waals surface area contributed by atoms with Gasteiger partial charge in [-0.05, 0) is 24.1 Å². The third-order valence-corrected chi connectivity index (χ3v) is 4.70. The first-order valence-corrected chi connectivity index (χ1v) is 8.40. The molecule has 0 spiro atoms. The third kappa shape index (κ3) is 2.35. The highest BCUT2D eigenvalue weighted by Crippen LogP contribution is 2.31. The maximum absolute atomic E-state index is 5.42. The maximum Gasteiger partial charge on any atom is 0.235 e. The van der Waals surface area contributed by atoms with Crippen LogP contribution >= 0.6 is 11.3 Å². The van der Waals surface area contributed by atoms with Crippen molar-refractivity contribution in [2.45, 2.75) is 19.8 Å². The Balaban J connectivity index is 1.81. The summed E-state index contributed by atoms with van der Waals surface area (Å²) in [5, 5.41) is 21.3. The fourth-order valence-corrected chi connectivity index (χ4v) is 3.26. The number of methoxy groups -OCH3 is 1. The first-order chi connectivity index (χ1) is 11.7. The number of fused-ring (bicyclic) bond motifs is 1. The van der Waals surface area contributed by atoms with E-state index in [0.717, 1.165) is 32.7 Å². The smallest absolute Gasteiger partial charge is 0.235 e. The molecule has 0 saturated heterocycles. The van der Waals surface area contributed by atoms with E-state index in [9.17, 15) is 0 Å². The highest BCUT2D eigenvalue weighted by Gasteiger charge is 2.18. The van der Waals surface area contributed by atoms with Crippen LogP contribution in [0.15, 0.2) is 30.3 Å². The molecule has 0 fully saturated rings. The minimum atomic E-state index is 0.390. The Morgan fingerprint density at radius 1 is 1.21 bits per heavy atom. The predicted octanol–water partition coefficient (Wildman–Crippen LogP) is 3.37. The lowest BCUT2D eigenvalue weighted by Crippen LogP contribution is -1.94. The number of rotatable bonds is 4. The summed E-state index contributed by atoms with van der Waals surface area (Å²) in [6, 6.07) is 9.73. The van der Waals surface area contributed by atoms with Gasteiger partial charge in [-0.2, -0.15) is 14.7 Å². The first kappa shape index (κ1) is 14.8. The Morgan fingerprint density at radius 3 is 2.79 bits per heavy atom. The van der Waals surface area contributed by atoms with Gasteiger partial charge in [0, 0.05) is 5.69 Å². The van der Waals surface area contributed by atoms with E-state index in [1.165, 1.54) is 11.3 Å². The minimum absolute atomic E-state index is 0.390. The summed E-state index contributed by atoms with van der Waals surface area (Å²) < 4.78 is 7.15. The normalized spacial score (nSPS) is 11.5. The molecule has 8 heteroatoms. The van der Waals surface area contributed by atoms with E-state index in [4.69, 9.17) is 4.74 Å². The maximum atomic E-state index is 5.42. The SMILES string of the molecule is COc1ccccc1-c1nnc2sc(-c3cc(C(C)C)[nH]n3)nn12. The molecule has 1 aromatic carbocycles. The molecular formula is C16H16N6OS. The Morgan fingerprint density at radius 2 is 2.04 bits per heavy atom. The first-order valence-electron chi connectivity index (χ1n) is 7.58. The summed E-state index contributed by atoms with van der Waals surface area (Å²) in [6.07, 6.45) is 0. The van der Waals surface area contributed by atoms with Crippen LogP contribution in [0.3, 0.4) is 0 Å². The van der Waals surface area contributed by atoms with Gasteiger partial charge in [-0.15, -0.1) is 10.2 Å². The fourth-order valence-electron chi connectivity index (χ4n) is 2.46. The molecular weight excluding hydrogens is 324 g/mol. The summed E-state index contributed by atoms with van der Waals surface area (Å²) in [4.78, 5) is 0.722. The zero-order valence-corrected chi connectivity index (χ0v) is 14.3. The standard InChI is InChI=1S/C16H16N6OS/c1-9(2)11-8-12(18-17-11)15-21-22-14(19-20-16(22)24-15)10-6-4-5-7-13(10)23-3/h4-9H,1-3H3,(H,17,18). The highest BCUT2D eigenvalue weighted by molar-refractivity contribution is 7.19. The van der Waals surface area contributed by atoms with Crippen LogP contribution in [0.2, 0.25) is 0 Å². The van der Waals surface area contributed by atoms with Gasteiger partial charge >= 0.3 is 0 Å². The molecule has 0 aliphatic carbocycles. The van der Waals surface area contributed by atoms with E-state index >= 15 is 0 Å². The molecule has 0 aliphatic heterocycles. The van der Waals surface area contributed by atoms with Gasteiger partial charge < -0.3 is 4.74 Å². The molecule has 122 valence electrons. The van der Waals surface area contributed by atoms with Crippen LogP contribution in [0.25, 0.3) is 27.1 Å². The van der Waals surface area contributed by atoms with Gasteiger partial charge in [-0.1, -0.05) is 37.3 Å². The average molecular weight is 340 g/mol. The zero-order valence-electron chi connectivity index (χ0n) is 13.5. The molecule has 0 atom stereocenters. The number of aromatic nitrogens is 6. The van der Waals surface area contributed by atoms with Crippen molar-refractivity contribution in [1.82, 2.24) is 30.0 Å². The number of benzene rings is 1. The quantitative estimate of drug-likeness (QED) is 0.616. The molecule has 0 unspecified atom stereocenters. The Bertz CT molecular complexity index is 999. The van der Waals surface area contributed by atoms with Gasteiger partial charge in [-0.25, -0.2) is 0 Å². The van der Waals surface area contributed by atoms with Crippen LogP contribution in [0.1, 0.15) is 25.5 Å². The van der Waals surface area contributed by atoms with E-state index in [1.807, 2.05) is 30.3 Å². The molecule has 0 amide bonds. The van der Waals surface area contributed by atoms with Crippen molar-refractivity contribution in [3.63, 3.8) is 0 Å². The summed E-state index contributed by atoms with van der Waals surface area (Å²) >= 11 is 1.46. The van der Waals surface area contributed by atoms with Gasteiger partial charge in [0.1, 0.15) is 11.4 Å². The predicted molar refractivity (Wildman–Crippen MR) is 92.3 cm³/mol. The largest absolute Gasteiger partial charge is 0.496 e. The van der Waals surface area contributed by atoms with Crippen molar-refractivity contribution < 1.29 is 4.74 Å². The van der Waals surface area contributed by atoms with Crippen molar-refractivity contribution in [2.75, 3.05) is 7.11 Å². The number of nitrogens with zero attached hydrogens (tertiary/aromatic N) is 5. The number of hydrogen-bond donors (Lipinski definition) is 1. The molecule has 3 heterocycles. The molecule has 4 rings (SSSR count). The van der Waals surface area contributed by atoms with Crippen molar-refractivity contribution in [2.24, 2.45) is 0 Å². The van der Waals surface area contributed by atoms with Gasteiger partial charge in [0.05, 0.1) is 12.7 Å². The lowest BCUT2D eigenvalue weighted by atomic mass is 10.1. The molecule has 24 heavy (non-hydrogen) atoms. The fraction of sp³-hybridized carbons (Fsp3) is 0.250. The molecule has 7 nitrogen and oxygen atoms in total. The number of aromatic amines is 1. The van der Waals surface area contributed by atoms with E-state index in [0.29, 0.717) is 11.7 Å². The van der Waals surface area contributed by atoms with E-state index < -0.39 is 0 Å². The molecule has 1 N–H and O–H groups in total. The van der Waals surface area contributed by atoms with Gasteiger partial charge in [-0.3, -0.25) is 5.10 Å². The van der Waals surface area contributed by atoms with Crippen LogP contribution in [-0.4, -0.2) is 37.1 Å². The van der Waals surface area contributed by atoms with Crippen molar-refractivity contribution >= 4 is 16.3 Å². The lowest BCUT2D eigenvalue weighted by molar-refractivity contribution is 0.416. The summed E-state index contributed by atoms with van der Waals surface area (Å²) in [5.74, 6) is 1.79. The van der Waals surface area contributed by atoms with Gasteiger partial charge in [0.25, 0.3) is 0 Å². The number of para-hydroxylation sites is 1. The summed E-state index contributed by atoms with van der Waals surface area (Å²) in [5.41, 5.74) is 2.76. The number of nitrogens with one attached hydrogen (secondary N) is 1. The van der Waals surface area contributed by atoms with E-state index in [-0.39, 0.29) is 0 Å². The Labute approximate surface area is 142 Å². The van der Waals surface area contributed by atoms with Crippen molar-refractivity contribution in [3.8, 4) is 27.8 Å². The Hall–Kier alpha value is -2.74. The van der Waals surface area contributed by atoms with E-state index in [1.54, 1.807) is 11.6 Å².